The molecule has 0 radical (unpaired) electrons. The maximum Gasteiger partial charge on any atom is 0.229 e. The van der Waals surface area contributed by atoms with Crippen molar-refractivity contribution < 1.29 is 4.52 Å². The van der Waals surface area contributed by atoms with Crippen molar-refractivity contribution in [3.05, 3.63) is 11.7 Å². The van der Waals surface area contributed by atoms with Gasteiger partial charge in [-0.3, -0.25) is 0 Å². The van der Waals surface area contributed by atoms with E-state index in [1.54, 1.807) is 0 Å². The highest BCUT2D eigenvalue weighted by Gasteiger charge is 2.49. The third-order valence-electron chi connectivity index (χ3n) is 4.81. The van der Waals surface area contributed by atoms with E-state index in [1.807, 2.05) is 0 Å². The van der Waals surface area contributed by atoms with Gasteiger partial charge in [0.25, 0.3) is 0 Å². The number of aromatic nitrogens is 2. The molecule has 18 heavy (non-hydrogen) atoms. The van der Waals surface area contributed by atoms with Gasteiger partial charge >= 0.3 is 0 Å². The van der Waals surface area contributed by atoms with Crippen LogP contribution in [0.3, 0.4) is 0 Å². The predicted octanol–water partition coefficient (Wildman–Crippen LogP) is 2.82. The first-order valence-corrected chi connectivity index (χ1v) is 7.13. The molecule has 0 spiro atoms. The Morgan fingerprint density at radius 1 is 1.28 bits per heavy atom. The third-order valence-corrected chi connectivity index (χ3v) is 4.81. The smallest absolute Gasteiger partial charge is 0.229 e. The van der Waals surface area contributed by atoms with Crippen molar-refractivity contribution in [3.63, 3.8) is 0 Å². The molecule has 1 aromatic rings. The molecule has 2 saturated carbocycles. The fraction of sp³-hybridized carbons (Fsp3) is 0.857. The van der Waals surface area contributed by atoms with Gasteiger partial charge in [0.15, 0.2) is 5.82 Å². The van der Waals surface area contributed by atoms with Crippen LogP contribution in [0.15, 0.2) is 4.52 Å². The minimum absolute atomic E-state index is 0.373. The van der Waals surface area contributed by atoms with Gasteiger partial charge in [-0.2, -0.15) is 4.98 Å². The van der Waals surface area contributed by atoms with Crippen LogP contribution in [0, 0.1) is 11.3 Å². The molecule has 4 nitrogen and oxygen atoms in total. The summed E-state index contributed by atoms with van der Waals surface area (Å²) in [6.07, 6.45) is 5.89. The van der Waals surface area contributed by atoms with Gasteiger partial charge in [0.1, 0.15) is 0 Å². The van der Waals surface area contributed by atoms with E-state index in [1.165, 1.54) is 19.3 Å². The van der Waals surface area contributed by atoms with Gasteiger partial charge in [-0.05, 0) is 50.0 Å². The Bertz CT molecular complexity index is 418. The molecule has 0 aromatic carbocycles. The van der Waals surface area contributed by atoms with Gasteiger partial charge in [0.05, 0.1) is 0 Å². The second-order valence-corrected chi connectivity index (χ2v) is 6.69. The van der Waals surface area contributed by atoms with E-state index in [9.17, 15) is 0 Å². The van der Waals surface area contributed by atoms with Crippen LogP contribution in [-0.4, -0.2) is 16.7 Å². The van der Waals surface area contributed by atoms with Gasteiger partial charge in [0, 0.05) is 11.8 Å². The second kappa shape index (κ2) is 4.34. The van der Waals surface area contributed by atoms with Gasteiger partial charge in [-0.25, -0.2) is 0 Å². The highest BCUT2D eigenvalue weighted by molar-refractivity contribution is 5.15. The van der Waals surface area contributed by atoms with Crippen molar-refractivity contribution in [1.82, 2.24) is 10.1 Å². The van der Waals surface area contributed by atoms with E-state index in [2.05, 4.69) is 24.0 Å². The Morgan fingerprint density at radius 3 is 2.50 bits per heavy atom. The van der Waals surface area contributed by atoms with E-state index in [4.69, 9.17) is 10.3 Å². The summed E-state index contributed by atoms with van der Waals surface area (Å²) in [7, 11) is 0. The Balaban J connectivity index is 1.64. The molecule has 1 heterocycles. The van der Waals surface area contributed by atoms with Crippen LogP contribution in [0.2, 0.25) is 0 Å². The van der Waals surface area contributed by atoms with E-state index in [-0.39, 0.29) is 0 Å². The number of rotatable bonds is 3. The maximum absolute atomic E-state index is 5.72. The molecular formula is C14H23N3O. The molecule has 0 saturated heterocycles. The van der Waals surface area contributed by atoms with Crippen molar-refractivity contribution in [2.45, 2.75) is 57.8 Å². The molecule has 4 heteroatoms. The lowest BCUT2D eigenvalue weighted by Crippen LogP contribution is -2.20. The SMILES string of the molecule is CC1(C)CC1c1noc(C2CCC(CN)CC2)n1. The summed E-state index contributed by atoms with van der Waals surface area (Å²) in [5.41, 5.74) is 6.09. The average Bonchev–Trinajstić information content (AvgIpc) is 2.80. The molecule has 3 rings (SSSR count). The highest BCUT2D eigenvalue weighted by Crippen LogP contribution is 2.57. The highest BCUT2D eigenvalue weighted by atomic mass is 16.5. The Hall–Kier alpha value is -0.900. The monoisotopic (exact) mass is 249 g/mol. The minimum atomic E-state index is 0.373. The summed E-state index contributed by atoms with van der Waals surface area (Å²) in [4.78, 5) is 4.63. The summed E-state index contributed by atoms with van der Waals surface area (Å²) < 4.78 is 5.48. The lowest BCUT2D eigenvalue weighted by molar-refractivity contribution is 0.274. The van der Waals surface area contributed by atoms with E-state index in [0.717, 1.165) is 31.1 Å². The number of hydrogen-bond donors (Lipinski definition) is 1. The van der Waals surface area contributed by atoms with Crippen LogP contribution in [0.1, 0.15) is 69.5 Å². The van der Waals surface area contributed by atoms with Gasteiger partial charge in [-0.1, -0.05) is 19.0 Å². The van der Waals surface area contributed by atoms with Crippen LogP contribution in [0.25, 0.3) is 0 Å². The molecule has 0 amide bonds. The lowest BCUT2D eigenvalue weighted by Gasteiger charge is -2.24. The molecule has 1 atom stereocenters. The zero-order chi connectivity index (χ0) is 12.8. The van der Waals surface area contributed by atoms with Crippen molar-refractivity contribution in [2.75, 3.05) is 6.54 Å². The Labute approximate surface area is 108 Å². The molecule has 1 unspecified atom stereocenters. The first-order valence-electron chi connectivity index (χ1n) is 7.13. The lowest BCUT2D eigenvalue weighted by atomic mass is 9.82. The van der Waals surface area contributed by atoms with Crippen LogP contribution >= 0.6 is 0 Å². The summed E-state index contributed by atoms with van der Waals surface area (Å²) in [5.74, 6) is 3.47. The molecule has 0 aliphatic heterocycles. The normalized spacial score (nSPS) is 34.5. The van der Waals surface area contributed by atoms with Gasteiger partial charge < -0.3 is 10.3 Å². The van der Waals surface area contributed by atoms with Gasteiger partial charge in [-0.15, -0.1) is 0 Å². The quantitative estimate of drug-likeness (QED) is 0.894. The largest absolute Gasteiger partial charge is 0.339 e. The van der Waals surface area contributed by atoms with Crippen molar-refractivity contribution in [2.24, 2.45) is 17.1 Å². The minimum Gasteiger partial charge on any atom is -0.339 e. The van der Waals surface area contributed by atoms with E-state index in [0.29, 0.717) is 23.2 Å². The second-order valence-electron chi connectivity index (χ2n) is 6.69. The molecule has 2 aliphatic carbocycles. The average molecular weight is 249 g/mol. The molecule has 2 aliphatic rings. The molecule has 2 N–H and O–H groups in total. The maximum atomic E-state index is 5.72. The Morgan fingerprint density at radius 2 is 1.94 bits per heavy atom. The molecule has 100 valence electrons. The van der Waals surface area contributed by atoms with Crippen LogP contribution in [0.4, 0.5) is 0 Å². The summed E-state index contributed by atoms with van der Waals surface area (Å²) in [5, 5.41) is 4.18. The zero-order valence-corrected chi connectivity index (χ0v) is 11.4. The molecule has 2 fully saturated rings. The number of nitrogens with two attached hydrogens (primary N) is 1. The molecule has 0 bridgehead atoms. The van der Waals surface area contributed by atoms with Crippen LogP contribution in [-0.2, 0) is 0 Å². The van der Waals surface area contributed by atoms with Crippen molar-refractivity contribution in [1.29, 1.82) is 0 Å². The molecule has 1 aromatic heterocycles. The van der Waals surface area contributed by atoms with Crippen LogP contribution < -0.4 is 5.73 Å². The standard InChI is InChI=1S/C14H23N3O/c1-14(2)7-11(14)12-16-13(18-17-12)10-5-3-9(8-15)4-6-10/h9-11H,3-8,15H2,1-2H3. The first-order chi connectivity index (χ1) is 8.60. The van der Waals surface area contributed by atoms with E-state index < -0.39 is 0 Å². The zero-order valence-electron chi connectivity index (χ0n) is 11.4. The summed E-state index contributed by atoms with van der Waals surface area (Å²) in [6.45, 7) is 5.35. The van der Waals surface area contributed by atoms with Crippen molar-refractivity contribution in [3.8, 4) is 0 Å². The number of nitrogens with zero attached hydrogens (tertiary/aromatic N) is 2. The predicted molar refractivity (Wildman–Crippen MR) is 69.2 cm³/mol. The fourth-order valence-corrected chi connectivity index (χ4v) is 3.11. The summed E-state index contributed by atoms with van der Waals surface area (Å²) >= 11 is 0. The number of hydrogen-bond acceptors (Lipinski definition) is 4. The topological polar surface area (TPSA) is 64.9 Å². The summed E-state index contributed by atoms with van der Waals surface area (Å²) in [6, 6.07) is 0. The Kier molecular flexibility index (Phi) is 2.93. The molecular weight excluding hydrogens is 226 g/mol. The fourth-order valence-electron chi connectivity index (χ4n) is 3.11. The third kappa shape index (κ3) is 2.18. The van der Waals surface area contributed by atoms with Gasteiger partial charge in [0.2, 0.25) is 5.89 Å². The first kappa shape index (κ1) is 12.2. The van der Waals surface area contributed by atoms with E-state index >= 15 is 0 Å². The van der Waals surface area contributed by atoms with Crippen LogP contribution in [0.5, 0.6) is 0 Å². The van der Waals surface area contributed by atoms with Crippen molar-refractivity contribution >= 4 is 0 Å².